The number of nitrogens with zero attached hydrogens (tertiary/aromatic N) is 1. The predicted octanol–water partition coefficient (Wildman–Crippen LogP) is 14.9. The number of allylic oxidation sites excluding steroid dienone is 4. The maximum atomic E-state index is 6.66. The van der Waals surface area contributed by atoms with E-state index in [-0.39, 0.29) is 0 Å². The molecule has 1 aliphatic carbocycles. The highest BCUT2D eigenvalue weighted by Crippen LogP contribution is 2.45. The fourth-order valence-corrected chi connectivity index (χ4v) is 8.42. The summed E-state index contributed by atoms with van der Waals surface area (Å²) in [5, 5.41) is 4.58. The Balaban J connectivity index is 1.19. The molecule has 1 aliphatic rings. The molecule has 2 nitrogen and oxygen atoms in total. The number of anilines is 2. The number of hydrogen-bond acceptors (Lipinski definition) is 2. The number of furan rings is 1. The Hall–Kier alpha value is -6.90. The summed E-state index contributed by atoms with van der Waals surface area (Å²) in [5.74, 6) is 0.339. The lowest BCUT2D eigenvalue weighted by Gasteiger charge is -2.33. The molecule has 1 atom stereocenters. The van der Waals surface area contributed by atoms with E-state index in [1.54, 1.807) is 0 Å². The van der Waals surface area contributed by atoms with Crippen LogP contribution >= 0.6 is 0 Å². The van der Waals surface area contributed by atoms with E-state index in [1.165, 1.54) is 44.5 Å². The second-order valence-electron chi connectivity index (χ2n) is 14.6. The highest BCUT2D eigenvalue weighted by molar-refractivity contribution is 6.19. The van der Waals surface area contributed by atoms with Gasteiger partial charge in [0, 0.05) is 33.2 Å². The number of fused-ring (bicyclic) bond motifs is 5. The van der Waals surface area contributed by atoms with Gasteiger partial charge in [-0.15, -0.1) is 0 Å². The van der Waals surface area contributed by atoms with Crippen molar-refractivity contribution in [3.05, 3.63) is 211 Å². The third-order valence-electron chi connectivity index (χ3n) is 11.1. The molecule has 0 saturated carbocycles. The first kappa shape index (κ1) is 32.7. The average Bonchev–Trinajstić information content (AvgIpc) is 3.65. The molecule has 0 fully saturated rings. The quantitative estimate of drug-likeness (QED) is 0.164. The van der Waals surface area contributed by atoms with Crippen LogP contribution in [0.15, 0.2) is 210 Å². The van der Waals surface area contributed by atoms with Gasteiger partial charge in [0.05, 0.1) is 0 Å². The largest absolute Gasteiger partial charge is 0.455 e. The van der Waals surface area contributed by atoms with Crippen molar-refractivity contribution >= 4 is 49.7 Å². The Labute approximate surface area is 321 Å². The maximum absolute atomic E-state index is 6.66. The third kappa shape index (κ3) is 6.02. The topological polar surface area (TPSA) is 16.4 Å². The van der Waals surface area contributed by atoms with Gasteiger partial charge in [0.1, 0.15) is 11.2 Å². The van der Waals surface area contributed by atoms with Crippen LogP contribution in [0.25, 0.3) is 71.7 Å². The van der Waals surface area contributed by atoms with Gasteiger partial charge in [0.25, 0.3) is 0 Å². The monoisotopic (exact) mass is 705 g/mol. The van der Waals surface area contributed by atoms with Crippen LogP contribution in [0.1, 0.15) is 18.9 Å². The zero-order chi connectivity index (χ0) is 36.7. The van der Waals surface area contributed by atoms with E-state index in [0.717, 1.165) is 56.2 Å². The lowest BCUT2D eigenvalue weighted by molar-refractivity contribution is 0.673. The summed E-state index contributed by atoms with van der Waals surface area (Å²) < 4.78 is 6.66. The van der Waals surface area contributed by atoms with Crippen molar-refractivity contribution in [3.63, 3.8) is 0 Å². The van der Waals surface area contributed by atoms with Gasteiger partial charge in [-0.2, -0.15) is 0 Å². The molecule has 0 amide bonds. The van der Waals surface area contributed by atoms with E-state index in [4.69, 9.17) is 4.42 Å². The van der Waals surface area contributed by atoms with Crippen LogP contribution < -0.4 is 4.90 Å². The van der Waals surface area contributed by atoms with Gasteiger partial charge in [-0.3, -0.25) is 0 Å². The van der Waals surface area contributed by atoms with Crippen molar-refractivity contribution in [2.75, 3.05) is 4.90 Å². The molecule has 0 N–H and O–H groups in total. The first-order chi connectivity index (χ1) is 27.2. The van der Waals surface area contributed by atoms with Gasteiger partial charge >= 0.3 is 0 Å². The molecule has 8 aromatic carbocycles. The molecule has 1 heterocycles. The first-order valence-electron chi connectivity index (χ1n) is 19.1. The van der Waals surface area contributed by atoms with Crippen LogP contribution in [-0.2, 0) is 0 Å². The zero-order valence-electron chi connectivity index (χ0n) is 30.7. The molecule has 0 spiro atoms. The Bertz CT molecular complexity index is 2880. The number of rotatable bonds is 7. The molecule has 1 aromatic heterocycles. The molecule has 1 unspecified atom stereocenters. The van der Waals surface area contributed by atoms with Gasteiger partial charge in [0.2, 0.25) is 0 Å². The third-order valence-corrected chi connectivity index (χ3v) is 11.1. The minimum Gasteiger partial charge on any atom is -0.455 e. The first-order valence-corrected chi connectivity index (χ1v) is 19.1. The highest BCUT2D eigenvalue weighted by atomic mass is 16.3. The van der Waals surface area contributed by atoms with Crippen molar-refractivity contribution in [2.45, 2.75) is 13.3 Å². The van der Waals surface area contributed by atoms with Crippen molar-refractivity contribution in [3.8, 4) is 33.4 Å². The van der Waals surface area contributed by atoms with Crippen LogP contribution in [0.5, 0.6) is 0 Å². The van der Waals surface area contributed by atoms with E-state index in [2.05, 4.69) is 212 Å². The Morgan fingerprint density at radius 1 is 0.473 bits per heavy atom. The molecule has 0 aliphatic heterocycles. The molecule has 2 heteroatoms. The van der Waals surface area contributed by atoms with E-state index in [9.17, 15) is 0 Å². The number of hydrogen-bond donors (Lipinski definition) is 0. The SMILES string of the molecule is CC1CC(N(c2ccc(-c3ccccc3)cc2)c2cc(-c3ccccc3)cc(-c3cccc4oc5c6ccccc6ccc5c34)c2)=CC=C1c1ccccc1. The minimum absolute atomic E-state index is 0.339. The van der Waals surface area contributed by atoms with Gasteiger partial charge < -0.3 is 9.32 Å². The molecule has 55 heavy (non-hydrogen) atoms. The van der Waals surface area contributed by atoms with Crippen LogP contribution in [0.2, 0.25) is 0 Å². The second kappa shape index (κ2) is 13.8. The van der Waals surface area contributed by atoms with E-state index < -0.39 is 0 Å². The minimum atomic E-state index is 0.339. The van der Waals surface area contributed by atoms with Crippen molar-refractivity contribution in [2.24, 2.45) is 5.92 Å². The molecule has 0 bridgehead atoms. The van der Waals surface area contributed by atoms with E-state index in [0.29, 0.717) is 5.92 Å². The lowest BCUT2D eigenvalue weighted by Crippen LogP contribution is -2.20. The summed E-state index contributed by atoms with van der Waals surface area (Å²) in [6, 6.07) is 67.7. The number of benzene rings is 8. The summed E-state index contributed by atoms with van der Waals surface area (Å²) >= 11 is 0. The predicted molar refractivity (Wildman–Crippen MR) is 232 cm³/mol. The summed E-state index contributed by atoms with van der Waals surface area (Å²) in [4.78, 5) is 2.47. The van der Waals surface area contributed by atoms with Crippen LogP contribution in [0.4, 0.5) is 11.4 Å². The average molecular weight is 706 g/mol. The Morgan fingerprint density at radius 3 is 1.84 bits per heavy atom. The highest BCUT2D eigenvalue weighted by Gasteiger charge is 2.24. The van der Waals surface area contributed by atoms with Crippen molar-refractivity contribution in [1.82, 2.24) is 0 Å². The summed E-state index contributed by atoms with van der Waals surface area (Å²) in [6.45, 7) is 2.35. The Kier molecular flexibility index (Phi) is 8.22. The molecule has 10 rings (SSSR count). The fourth-order valence-electron chi connectivity index (χ4n) is 8.42. The standard InChI is InChI=1S/C53H39NO/c1-36-32-45(29-31-47(36)40-18-9-4-10-19-40)54(44-27-24-39(25-28-44)37-14-5-2-6-15-37)46-34-42(38-16-7-3-8-17-38)33-43(35-46)48-22-13-23-51-52(48)50-30-26-41-20-11-12-21-49(41)53(50)55-51/h2-31,33-36H,32H2,1H3. The molecule has 262 valence electrons. The van der Waals surface area contributed by atoms with Crippen molar-refractivity contribution in [1.29, 1.82) is 0 Å². The summed E-state index contributed by atoms with van der Waals surface area (Å²) in [6.07, 6.45) is 5.56. The van der Waals surface area contributed by atoms with Gasteiger partial charge in [-0.25, -0.2) is 0 Å². The molecule has 0 saturated heterocycles. The normalized spacial score (nSPS) is 14.2. The van der Waals surface area contributed by atoms with Gasteiger partial charge in [-0.05, 0) is 111 Å². The Morgan fingerprint density at radius 2 is 1.11 bits per heavy atom. The van der Waals surface area contributed by atoms with Crippen LogP contribution in [-0.4, -0.2) is 0 Å². The fraction of sp³-hybridized carbons (Fsp3) is 0.0566. The maximum Gasteiger partial charge on any atom is 0.143 e. The summed E-state index contributed by atoms with van der Waals surface area (Å²) in [7, 11) is 0. The lowest BCUT2D eigenvalue weighted by atomic mass is 9.86. The smallest absolute Gasteiger partial charge is 0.143 e. The van der Waals surface area contributed by atoms with E-state index in [1.807, 2.05) is 0 Å². The molecule has 0 radical (unpaired) electrons. The molecular formula is C53H39NO. The second-order valence-corrected chi connectivity index (χ2v) is 14.6. The van der Waals surface area contributed by atoms with Crippen molar-refractivity contribution < 1.29 is 4.42 Å². The van der Waals surface area contributed by atoms with E-state index >= 15 is 0 Å². The zero-order valence-corrected chi connectivity index (χ0v) is 30.7. The van der Waals surface area contributed by atoms with Crippen LogP contribution in [0.3, 0.4) is 0 Å². The molecular weight excluding hydrogens is 667 g/mol. The van der Waals surface area contributed by atoms with Crippen LogP contribution in [0, 0.1) is 5.92 Å². The molecule has 9 aromatic rings. The van der Waals surface area contributed by atoms with Gasteiger partial charge in [0.15, 0.2) is 0 Å². The summed E-state index contributed by atoms with van der Waals surface area (Å²) in [5.41, 5.74) is 15.0. The van der Waals surface area contributed by atoms with Gasteiger partial charge in [-0.1, -0.05) is 159 Å².